The smallest absolute Gasteiger partial charge is 0.335 e. The molecule has 1 aromatic heterocycles. The minimum Gasteiger partial charge on any atom is -0.497 e. The average molecular weight is 269 g/mol. The van der Waals surface area contributed by atoms with Crippen LogP contribution in [0.2, 0.25) is 0 Å². The van der Waals surface area contributed by atoms with Crippen LogP contribution in [0.4, 0.5) is 0 Å². The third-order valence-electron chi connectivity index (χ3n) is 2.42. The van der Waals surface area contributed by atoms with Gasteiger partial charge >= 0.3 is 5.97 Å². The summed E-state index contributed by atoms with van der Waals surface area (Å²) in [5.41, 5.74) is 0.618. The highest BCUT2D eigenvalue weighted by Crippen LogP contribution is 2.30. The number of hydrogen-bond donors (Lipinski definition) is 3. The molecule has 2 atom stereocenters. The molecule has 0 aliphatic rings. The van der Waals surface area contributed by atoms with Crippen LogP contribution < -0.4 is 4.74 Å². The fraction of sp³-hybridized carbons (Fsp3) is 0.273. The number of hydrogen-bond acceptors (Lipinski definition) is 6. The first-order chi connectivity index (χ1) is 8.52. The van der Waals surface area contributed by atoms with E-state index in [4.69, 9.17) is 9.84 Å². The van der Waals surface area contributed by atoms with E-state index >= 15 is 0 Å². The lowest BCUT2D eigenvalue weighted by molar-refractivity contribution is -0.153. The van der Waals surface area contributed by atoms with Gasteiger partial charge in [-0.2, -0.15) is 0 Å². The minimum absolute atomic E-state index is 0.160. The topological polar surface area (TPSA) is 99.9 Å². The SMILES string of the molecule is COc1ccc2nc(C(O)C(O)C(=O)O)sc2c1. The molecule has 2 unspecified atom stereocenters. The van der Waals surface area contributed by atoms with Gasteiger partial charge in [-0.25, -0.2) is 9.78 Å². The Morgan fingerprint density at radius 1 is 1.44 bits per heavy atom. The molecule has 0 saturated heterocycles. The van der Waals surface area contributed by atoms with Gasteiger partial charge in [0.15, 0.2) is 6.10 Å². The zero-order chi connectivity index (χ0) is 13.3. The van der Waals surface area contributed by atoms with E-state index in [2.05, 4.69) is 4.98 Å². The Morgan fingerprint density at radius 3 is 2.78 bits per heavy atom. The van der Waals surface area contributed by atoms with Crippen LogP contribution in [0.3, 0.4) is 0 Å². The number of methoxy groups -OCH3 is 1. The van der Waals surface area contributed by atoms with Crippen molar-refractivity contribution in [2.45, 2.75) is 12.2 Å². The summed E-state index contributed by atoms with van der Waals surface area (Å²) in [5.74, 6) is -0.842. The summed E-state index contributed by atoms with van der Waals surface area (Å²) >= 11 is 1.12. The number of fused-ring (bicyclic) bond motifs is 1. The van der Waals surface area contributed by atoms with Gasteiger partial charge in [0.05, 0.1) is 17.3 Å². The van der Waals surface area contributed by atoms with Gasteiger partial charge in [0.1, 0.15) is 16.9 Å². The minimum atomic E-state index is -1.88. The van der Waals surface area contributed by atoms with Gasteiger partial charge in [-0.05, 0) is 18.2 Å². The standard InChI is InChI=1S/C11H11NO5S/c1-17-5-2-3-6-7(4-5)18-10(12-6)8(13)9(14)11(15)16/h2-4,8-9,13-14H,1H3,(H,15,16). The Kier molecular flexibility index (Phi) is 3.46. The molecule has 0 spiro atoms. The van der Waals surface area contributed by atoms with Crippen molar-refractivity contribution in [3.63, 3.8) is 0 Å². The summed E-state index contributed by atoms with van der Waals surface area (Å²) in [5, 5.41) is 27.7. The Labute approximate surface area is 106 Å². The molecular formula is C11H11NO5S. The van der Waals surface area contributed by atoms with Crippen LogP contribution >= 0.6 is 11.3 Å². The average Bonchev–Trinajstić information content (AvgIpc) is 2.79. The van der Waals surface area contributed by atoms with Crippen molar-refractivity contribution in [1.29, 1.82) is 0 Å². The first-order valence-corrected chi connectivity index (χ1v) is 5.88. The van der Waals surface area contributed by atoms with E-state index in [0.717, 1.165) is 16.0 Å². The number of aliphatic hydroxyl groups excluding tert-OH is 2. The highest BCUT2D eigenvalue weighted by Gasteiger charge is 2.27. The van der Waals surface area contributed by atoms with E-state index in [1.54, 1.807) is 18.2 Å². The normalized spacial score (nSPS) is 14.4. The molecule has 18 heavy (non-hydrogen) atoms. The second kappa shape index (κ2) is 4.89. The molecule has 0 radical (unpaired) electrons. The largest absolute Gasteiger partial charge is 0.497 e. The number of carbonyl (C=O) groups is 1. The number of thiazole rings is 1. The zero-order valence-corrected chi connectivity index (χ0v) is 10.2. The lowest BCUT2D eigenvalue weighted by Crippen LogP contribution is -2.27. The molecule has 0 aliphatic heterocycles. The van der Waals surface area contributed by atoms with E-state index in [1.165, 1.54) is 7.11 Å². The molecule has 0 fully saturated rings. The number of carboxylic acids is 1. The number of ether oxygens (including phenoxy) is 1. The summed E-state index contributed by atoms with van der Waals surface area (Å²) in [7, 11) is 1.53. The Balaban J connectivity index is 2.37. The quantitative estimate of drug-likeness (QED) is 0.758. The summed E-state index contributed by atoms with van der Waals surface area (Å²) < 4.78 is 5.80. The molecule has 0 bridgehead atoms. The van der Waals surface area contributed by atoms with Crippen molar-refractivity contribution in [1.82, 2.24) is 4.98 Å². The molecule has 2 aromatic rings. The molecule has 2 rings (SSSR count). The first kappa shape index (κ1) is 12.7. The molecule has 0 amide bonds. The van der Waals surface area contributed by atoms with Gasteiger partial charge in [0.25, 0.3) is 0 Å². The Hall–Kier alpha value is -1.70. The molecular weight excluding hydrogens is 258 g/mol. The van der Waals surface area contributed by atoms with Gasteiger partial charge in [-0.3, -0.25) is 0 Å². The third-order valence-corrected chi connectivity index (χ3v) is 3.51. The number of rotatable bonds is 4. The second-order valence-electron chi connectivity index (χ2n) is 3.61. The van der Waals surface area contributed by atoms with Crippen LogP contribution in [0.1, 0.15) is 11.1 Å². The zero-order valence-electron chi connectivity index (χ0n) is 9.40. The maximum absolute atomic E-state index is 10.6. The lowest BCUT2D eigenvalue weighted by Gasteiger charge is -2.10. The second-order valence-corrected chi connectivity index (χ2v) is 4.68. The summed E-state index contributed by atoms with van der Waals surface area (Å²) in [6, 6.07) is 5.15. The maximum atomic E-state index is 10.6. The van der Waals surface area contributed by atoms with E-state index in [-0.39, 0.29) is 5.01 Å². The van der Waals surface area contributed by atoms with Crippen LogP contribution in [-0.2, 0) is 4.79 Å². The molecule has 1 heterocycles. The molecule has 1 aromatic carbocycles. The van der Waals surface area contributed by atoms with E-state index in [9.17, 15) is 15.0 Å². The summed E-state index contributed by atoms with van der Waals surface area (Å²) in [6.07, 6.45) is -3.42. The predicted octanol–water partition coefficient (Wildman–Crippen LogP) is 0.784. The molecule has 0 saturated carbocycles. The van der Waals surface area contributed by atoms with E-state index in [1.807, 2.05) is 0 Å². The summed E-state index contributed by atoms with van der Waals surface area (Å²) in [6.45, 7) is 0. The number of aromatic nitrogens is 1. The molecule has 7 heteroatoms. The first-order valence-electron chi connectivity index (χ1n) is 5.06. The van der Waals surface area contributed by atoms with Crippen LogP contribution in [-0.4, -0.2) is 39.5 Å². The van der Waals surface area contributed by atoms with Crippen LogP contribution in [0.25, 0.3) is 10.2 Å². The number of aliphatic carboxylic acids is 1. The number of aliphatic hydroxyl groups is 2. The van der Waals surface area contributed by atoms with Crippen LogP contribution in [0.15, 0.2) is 18.2 Å². The highest BCUT2D eigenvalue weighted by molar-refractivity contribution is 7.18. The molecule has 0 aliphatic carbocycles. The number of benzene rings is 1. The maximum Gasteiger partial charge on any atom is 0.335 e. The van der Waals surface area contributed by atoms with Crippen molar-refractivity contribution < 1.29 is 24.9 Å². The van der Waals surface area contributed by atoms with Crippen LogP contribution in [0, 0.1) is 0 Å². The molecule has 6 nitrogen and oxygen atoms in total. The fourth-order valence-electron chi connectivity index (χ4n) is 1.45. The molecule has 96 valence electrons. The van der Waals surface area contributed by atoms with Gasteiger partial charge < -0.3 is 20.1 Å². The number of nitrogens with zero attached hydrogens (tertiary/aromatic N) is 1. The van der Waals surface area contributed by atoms with Gasteiger partial charge in [-0.15, -0.1) is 11.3 Å². The monoisotopic (exact) mass is 269 g/mol. The summed E-state index contributed by atoms with van der Waals surface area (Å²) in [4.78, 5) is 14.7. The fourth-order valence-corrected chi connectivity index (χ4v) is 2.46. The van der Waals surface area contributed by atoms with Gasteiger partial charge in [-0.1, -0.05) is 0 Å². The predicted molar refractivity (Wildman–Crippen MR) is 64.8 cm³/mol. The Morgan fingerprint density at radius 2 is 2.17 bits per heavy atom. The van der Waals surface area contributed by atoms with Crippen molar-refractivity contribution in [2.24, 2.45) is 0 Å². The van der Waals surface area contributed by atoms with Gasteiger partial charge in [0, 0.05) is 0 Å². The third kappa shape index (κ3) is 2.28. The highest BCUT2D eigenvalue weighted by atomic mass is 32.1. The van der Waals surface area contributed by atoms with Crippen LogP contribution in [0.5, 0.6) is 5.75 Å². The van der Waals surface area contributed by atoms with Crippen molar-refractivity contribution >= 4 is 27.5 Å². The van der Waals surface area contributed by atoms with E-state index in [0.29, 0.717) is 11.3 Å². The van der Waals surface area contributed by atoms with E-state index < -0.39 is 18.2 Å². The molecule has 3 N–H and O–H groups in total. The number of carboxylic acid groups (broad SMARTS) is 1. The van der Waals surface area contributed by atoms with Crippen molar-refractivity contribution in [3.05, 3.63) is 23.2 Å². The van der Waals surface area contributed by atoms with Gasteiger partial charge in [0.2, 0.25) is 0 Å². The van der Waals surface area contributed by atoms with Crippen molar-refractivity contribution in [2.75, 3.05) is 7.11 Å². The van der Waals surface area contributed by atoms with Crippen molar-refractivity contribution in [3.8, 4) is 5.75 Å². The Bertz CT molecular complexity index is 582. The lowest BCUT2D eigenvalue weighted by atomic mass is 10.2.